The summed E-state index contributed by atoms with van der Waals surface area (Å²) in [4.78, 5) is 31.6. The Kier molecular flexibility index (Phi) is 5.88. The number of piperazine rings is 1. The highest BCUT2D eigenvalue weighted by Gasteiger charge is 2.41. The Bertz CT molecular complexity index is 1120. The lowest BCUT2D eigenvalue weighted by atomic mass is 9.98. The number of hydrogen-bond acceptors (Lipinski definition) is 3. The van der Waals surface area contributed by atoms with Crippen molar-refractivity contribution in [2.75, 3.05) is 22.6 Å². The zero-order valence-corrected chi connectivity index (χ0v) is 19.1. The molecule has 1 aliphatic heterocycles. The van der Waals surface area contributed by atoms with Crippen LogP contribution in [0, 0.1) is 20.8 Å². The number of thioether (sulfide) groups is 1. The van der Waals surface area contributed by atoms with Crippen molar-refractivity contribution < 1.29 is 9.59 Å². The Hall–Kier alpha value is -3.05. The summed E-state index contributed by atoms with van der Waals surface area (Å²) in [6.07, 6.45) is 2.02. The SMILES string of the molecule is CSc1ccc([C@H]2C(=O)N(c3ccc(C)cc3)CC(=O)N2c2ccc(C)c(C)c2)cc1. The van der Waals surface area contributed by atoms with Crippen molar-refractivity contribution in [1.29, 1.82) is 0 Å². The highest BCUT2D eigenvalue weighted by molar-refractivity contribution is 7.98. The number of carbonyl (C=O) groups is 2. The molecule has 0 unspecified atom stereocenters. The number of hydrogen-bond donors (Lipinski definition) is 0. The lowest BCUT2D eigenvalue weighted by Gasteiger charge is -2.40. The largest absolute Gasteiger partial charge is 0.301 e. The first-order valence-electron chi connectivity index (χ1n) is 10.3. The number of anilines is 2. The molecule has 0 bridgehead atoms. The van der Waals surface area contributed by atoms with Gasteiger partial charge in [0.1, 0.15) is 12.6 Å². The summed E-state index contributed by atoms with van der Waals surface area (Å²) >= 11 is 1.65. The van der Waals surface area contributed by atoms with E-state index in [-0.39, 0.29) is 18.4 Å². The first-order valence-corrected chi connectivity index (χ1v) is 11.5. The maximum atomic E-state index is 13.8. The fraction of sp³-hybridized carbons (Fsp3) is 0.231. The molecule has 4 nitrogen and oxygen atoms in total. The van der Waals surface area contributed by atoms with Crippen LogP contribution in [-0.4, -0.2) is 24.6 Å². The van der Waals surface area contributed by atoms with Crippen LogP contribution in [0.2, 0.25) is 0 Å². The fourth-order valence-corrected chi connectivity index (χ4v) is 4.29. The summed E-state index contributed by atoms with van der Waals surface area (Å²) in [6, 6.07) is 20.9. The molecule has 3 aromatic rings. The molecule has 0 aliphatic carbocycles. The van der Waals surface area contributed by atoms with Gasteiger partial charge in [-0.25, -0.2) is 0 Å². The third-order valence-electron chi connectivity index (χ3n) is 5.87. The van der Waals surface area contributed by atoms with Crippen LogP contribution in [0.4, 0.5) is 11.4 Å². The van der Waals surface area contributed by atoms with Crippen LogP contribution >= 0.6 is 11.8 Å². The van der Waals surface area contributed by atoms with Crippen molar-refractivity contribution in [3.63, 3.8) is 0 Å². The van der Waals surface area contributed by atoms with Crippen molar-refractivity contribution in [1.82, 2.24) is 0 Å². The van der Waals surface area contributed by atoms with E-state index in [0.717, 1.165) is 38.5 Å². The van der Waals surface area contributed by atoms with Gasteiger partial charge >= 0.3 is 0 Å². The molecular formula is C26H26N2O2S. The van der Waals surface area contributed by atoms with Crippen molar-refractivity contribution in [2.45, 2.75) is 31.7 Å². The molecule has 0 saturated carbocycles. The second-order valence-electron chi connectivity index (χ2n) is 7.97. The van der Waals surface area contributed by atoms with Gasteiger partial charge in [-0.05, 0) is 80.1 Å². The standard InChI is InChI=1S/C26H26N2O2S/c1-17-5-10-21(11-6-17)27-16-24(29)28(22-12-7-18(2)19(3)15-22)25(26(27)30)20-8-13-23(31-4)14-9-20/h5-15,25H,16H2,1-4H3/t25-/m0/s1. The normalized spacial score (nSPS) is 16.7. The van der Waals surface area contributed by atoms with Gasteiger partial charge in [0.2, 0.25) is 5.91 Å². The van der Waals surface area contributed by atoms with Crippen LogP contribution in [-0.2, 0) is 9.59 Å². The minimum absolute atomic E-state index is 0.0220. The number of nitrogens with zero attached hydrogens (tertiary/aromatic N) is 2. The molecule has 1 saturated heterocycles. The lowest BCUT2D eigenvalue weighted by Crippen LogP contribution is -2.56. The maximum absolute atomic E-state index is 13.8. The fourth-order valence-electron chi connectivity index (χ4n) is 3.88. The summed E-state index contributed by atoms with van der Waals surface area (Å²) in [5.41, 5.74) is 5.67. The average molecular weight is 431 g/mol. The molecule has 0 aromatic heterocycles. The molecule has 3 aromatic carbocycles. The zero-order valence-electron chi connectivity index (χ0n) is 18.3. The predicted octanol–water partition coefficient (Wildman–Crippen LogP) is 5.45. The molecule has 1 aliphatic rings. The van der Waals surface area contributed by atoms with E-state index in [2.05, 4.69) is 0 Å². The molecule has 0 N–H and O–H groups in total. The molecule has 5 heteroatoms. The highest BCUT2D eigenvalue weighted by atomic mass is 32.2. The van der Waals surface area contributed by atoms with Crippen LogP contribution in [0.5, 0.6) is 0 Å². The summed E-state index contributed by atoms with van der Waals surface area (Å²) < 4.78 is 0. The van der Waals surface area contributed by atoms with Gasteiger partial charge in [0, 0.05) is 16.3 Å². The molecule has 1 fully saturated rings. The molecule has 158 valence electrons. The van der Waals surface area contributed by atoms with E-state index >= 15 is 0 Å². The summed E-state index contributed by atoms with van der Waals surface area (Å²) in [7, 11) is 0. The number of benzene rings is 3. The average Bonchev–Trinajstić information content (AvgIpc) is 2.77. The van der Waals surface area contributed by atoms with Crippen LogP contribution in [0.25, 0.3) is 0 Å². The topological polar surface area (TPSA) is 40.6 Å². The van der Waals surface area contributed by atoms with E-state index in [1.807, 2.05) is 93.8 Å². The molecule has 1 atom stereocenters. The van der Waals surface area contributed by atoms with Crippen molar-refractivity contribution >= 4 is 35.0 Å². The Morgan fingerprint density at radius 3 is 2.06 bits per heavy atom. The second kappa shape index (κ2) is 8.60. The van der Waals surface area contributed by atoms with Crippen molar-refractivity contribution in [2.24, 2.45) is 0 Å². The van der Waals surface area contributed by atoms with E-state index in [4.69, 9.17) is 0 Å². The molecule has 4 rings (SSSR count). The molecule has 1 heterocycles. The van der Waals surface area contributed by atoms with Gasteiger partial charge in [-0.3, -0.25) is 14.5 Å². The van der Waals surface area contributed by atoms with Gasteiger partial charge in [-0.2, -0.15) is 0 Å². The van der Waals surface area contributed by atoms with E-state index in [9.17, 15) is 9.59 Å². The first kappa shape index (κ1) is 21.2. The number of carbonyl (C=O) groups excluding carboxylic acids is 2. The van der Waals surface area contributed by atoms with Gasteiger partial charge < -0.3 is 4.90 Å². The summed E-state index contributed by atoms with van der Waals surface area (Å²) in [6.45, 7) is 6.09. The third kappa shape index (κ3) is 4.10. The van der Waals surface area contributed by atoms with Gasteiger partial charge in [-0.1, -0.05) is 35.9 Å². The van der Waals surface area contributed by atoms with Gasteiger partial charge in [0.25, 0.3) is 5.91 Å². The summed E-state index contributed by atoms with van der Waals surface area (Å²) in [5, 5.41) is 0. The van der Waals surface area contributed by atoms with Crippen LogP contribution in [0.1, 0.15) is 28.3 Å². The third-order valence-corrected chi connectivity index (χ3v) is 6.61. The van der Waals surface area contributed by atoms with Crippen molar-refractivity contribution in [3.8, 4) is 0 Å². The molecular weight excluding hydrogens is 404 g/mol. The van der Waals surface area contributed by atoms with Gasteiger partial charge in [-0.15, -0.1) is 11.8 Å². The van der Waals surface area contributed by atoms with Gasteiger partial charge in [0.15, 0.2) is 0 Å². The number of aryl methyl sites for hydroxylation is 3. The molecule has 0 radical (unpaired) electrons. The molecule has 31 heavy (non-hydrogen) atoms. The highest BCUT2D eigenvalue weighted by Crippen LogP contribution is 2.35. The minimum Gasteiger partial charge on any atom is -0.301 e. The number of rotatable bonds is 4. The van der Waals surface area contributed by atoms with Gasteiger partial charge in [0.05, 0.1) is 0 Å². The van der Waals surface area contributed by atoms with E-state index < -0.39 is 6.04 Å². The minimum atomic E-state index is -0.708. The Balaban J connectivity index is 1.81. The Labute approximate surface area is 187 Å². The van der Waals surface area contributed by atoms with E-state index in [1.54, 1.807) is 21.6 Å². The number of amides is 2. The van der Waals surface area contributed by atoms with Crippen molar-refractivity contribution in [3.05, 3.63) is 89.0 Å². The van der Waals surface area contributed by atoms with Crippen LogP contribution < -0.4 is 9.80 Å². The Morgan fingerprint density at radius 2 is 1.45 bits per heavy atom. The lowest BCUT2D eigenvalue weighted by molar-refractivity contribution is -0.128. The first-order chi connectivity index (χ1) is 14.9. The second-order valence-corrected chi connectivity index (χ2v) is 8.85. The smallest absolute Gasteiger partial charge is 0.255 e. The molecule has 2 amide bonds. The maximum Gasteiger partial charge on any atom is 0.255 e. The van der Waals surface area contributed by atoms with E-state index in [0.29, 0.717) is 0 Å². The monoisotopic (exact) mass is 430 g/mol. The summed E-state index contributed by atoms with van der Waals surface area (Å²) in [5.74, 6) is -0.194. The van der Waals surface area contributed by atoms with Crippen LogP contribution in [0.3, 0.4) is 0 Å². The Morgan fingerprint density at radius 1 is 0.806 bits per heavy atom. The van der Waals surface area contributed by atoms with Crippen LogP contribution in [0.15, 0.2) is 71.6 Å². The van der Waals surface area contributed by atoms with E-state index in [1.165, 1.54) is 0 Å². The quantitative estimate of drug-likeness (QED) is 0.517. The molecule has 0 spiro atoms. The predicted molar refractivity (Wildman–Crippen MR) is 128 cm³/mol. The zero-order chi connectivity index (χ0) is 22.1.